The zero-order valence-electron chi connectivity index (χ0n) is 17.5. The average molecular weight is 585 g/mol. The van der Waals surface area contributed by atoms with Crippen molar-refractivity contribution in [2.45, 2.75) is 37.9 Å². The van der Waals surface area contributed by atoms with Gasteiger partial charge in [-0.2, -0.15) is 0 Å². The molecule has 4 atom stereocenters. The first-order valence-electron chi connectivity index (χ1n) is 10.9. The van der Waals surface area contributed by atoms with Gasteiger partial charge in [-0.05, 0) is 45.8 Å². The molecule has 0 nitrogen and oxygen atoms in total. The summed E-state index contributed by atoms with van der Waals surface area (Å²) >= 11 is 16.8. The van der Waals surface area contributed by atoms with Crippen LogP contribution in [0.4, 0.5) is 0 Å². The van der Waals surface area contributed by atoms with E-state index in [0.717, 1.165) is 0 Å². The van der Waals surface area contributed by atoms with Crippen molar-refractivity contribution in [1.82, 2.24) is 0 Å². The second-order valence-electron chi connectivity index (χ2n) is 8.28. The third kappa shape index (κ3) is 3.78. The topological polar surface area (TPSA) is 0 Å². The van der Waals surface area contributed by atoms with Crippen LogP contribution in [-0.2, 0) is 0 Å². The van der Waals surface area contributed by atoms with Gasteiger partial charge in [0.15, 0.2) is 0 Å². The van der Waals surface area contributed by atoms with E-state index < -0.39 is 0 Å². The molecule has 0 spiro atoms. The van der Waals surface area contributed by atoms with E-state index in [-0.39, 0.29) is 0 Å². The molecule has 2 saturated heterocycles. The van der Waals surface area contributed by atoms with E-state index in [2.05, 4.69) is 167 Å². The van der Waals surface area contributed by atoms with Crippen molar-refractivity contribution in [3.63, 3.8) is 0 Å². The minimum atomic E-state index is 0.595. The molecular formula is C26H16S8. The molecule has 0 N–H and O–H groups in total. The molecule has 0 bridgehead atoms. The van der Waals surface area contributed by atoms with Crippen LogP contribution in [0.15, 0.2) is 101 Å². The number of rotatable bonds is 0. The smallest absolute Gasteiger partial charge is 0.0819 e. The molecule has 0 radical (unpaired) electrons. The van der Waals surface area contributed by atoms with Gasteiger partial charge in [0.25, 0.3) is 0 Å². The van der Waals surface area contributed by atoms with E-state index in [9.17, 15) is 0 Å². The highest BCUT2D eigenvalue weighted by molar-refractivity contribution is 8.41. The Hall–Kier alpha value is -0.0600. The van der Waals surface area contributed by atoms with Crippen LogP contribution in [0.2, 0.25) is 0 Å². The summed E-state index contributed by atoms with van der Waals surface area (Å²) in [5.74, 6) is 0. The molecule has 0 aromatic heterocycles. The third-order valence-corrected chi connectivity index (χ3v) is 19.8. The Kier molecular flexibility index (Phi) is 5.66. The Bertz CT molecular complexity index is 1290. The molecule has 4 aliphatic rings. The number of benzene rings is 4. The van der Waals surface area contributed by atoms with Gasteiger partial charge in [0.2, 0.25) is 0 Å². The van der Waals surface area contributed by atoms with Crippen LogP contribution >= 0.6 is 94.1 Å². The Morgan fingerprint density at radius 2 is 0.618 bits per heavy atom. The molecule has 0 aliphatic carbocycles. The number of hydrogen-bond acceptors (Lipinski definition) is 8. The predicted octanol–water partition coefficient (Wildman–Crippen LogP) is 10.5. The summed E-state index contributed by atoms with van der Waals surface area (Å²) in [6.45, 7) is 0. The quantitative estimate of drug-likeness (QED) is 0.198. The molecule has 8 heteroatoms. The van der Waals surface area contributed by atoms with E-state index in [1.54, 1.807) is 8.47 Å². The molecule has 0 amide bonds. The predicted molar refractivity (Wildman–Crippen MR) is 164 cm³/mol. The van der Waals surface area contributed by atoms with Gasteiger partial charge in [-0.3, -0.25) is 0 Å². The van der Waals surface area contributed by atoms with Gasteiger partial charge in [0.05, 0.1) is 26.8 Å². The molecule has 4 aromatic rings. The number of thioether (sulfide) groups is 8. The lowest BCUT2D eigenvalue weighted by Crippen LogP contribution is -2.11. The van der Waals surface area contributed by atoms with E-state index >= 15 is 0 Å². The Labute approximate surface area is 232 Å². The molecule has 0 saturated carbocycles. The molecule has 168 valence electrons. The van der Waals surface area contributed by atoms with Crippen molar-refractivity contribution in [3.05, 3.63) is 81.3 Å². The maximum absolute atomic E-state index is 2.40. The van der Waals surface area contributed by atoms with Crippen LogP contribution in [0.1, 0.15) is 0 Å². The fraction of sp³-hybridized carbons (Fsp3) is 0.154. The maximum atomic E-state index is 2.40. The minimum Gasteiger partial charge on any atom is -0.108 e. The summed E-state index contributed by atoms with van der Waals surface area (Å²) in [5.41, 5.74) is 0. The summed E-state index contributed by atoms with van der Waals surface area (Å²) in [7, 11) is 0. The highest BCUT2D eigenvalue weighted by atomic mass is 32.3. The molecule has 34 heavy (non-hydrogen) atoms. The molecule has 4 aliphatic heterocycles. The van der Waals surface area contributed by atoms with Crippen molar-refractivity contribution in [2.75, 3.05) is 0 Å². The average Bonchev–Trinajstić information content (AvgIpc) is 3.46. The second kappa shape index (κ2) is 8.76. The zero-order chi connectivity index (χ0) is 22.2. The van der Waals surface area contributed by atoms with Crippen molar-refractivity contribution in [2.24, 2.45) is 0 Å². The van der Waals surface area contributed by atoms with Crippen LogP contribution in [0, 0.1) is 0 Å². The number of hydrogen-bond donors (Lipinski definition) is 0. The van der Waals surface area contributed by atoms with Crippen molar-refractivity contribution in [3.8, 4) is 0 Å². The molecular weight excluding hydrogens is 569 g/mol. The number of fused-ring (bicyclic) bond motifs is 6. The fourth-order valence-electron chi connectivity index (χ4n) is 4.48. The lowest BCUT2D eigenvalue weighted by Gasteiger charge is -2.24. The van der Waals surface area contributed by atoms with Crippen molar-refractivity contribution < 1.29 is 0 Å². The lowest BCUT2D eigenvalue weighted by atomic mass is 10.1. The van der Waals surface area contributed by atoms with Crippen LogP contribution < -0.4 is 0 Å². The molecule has 4 heterocycles. The Morgan fingerprint density at radius 1 is 0.353 bits per heavy atom. The first-order chi connectivity index (χ1) is 16.8. The summed E-state index contributed by atoms with van der Waals surface area (Å²) in [6, 6.07) is 27.1. The fourth-order valence-corrected chi connectivity index (χ4v) is 19.1. The van der Waals surface area contributed by atoms with Gasteiger partial charge >= 0.3 is 0 Å². The minimum absolute atomic E-state index is 0.595. The van der Waals surface area contributed by atoms with Gasteiger partial charge in [-0.1, -0.05) is 48.5 Å². The normalized spacial score (nSPS) is 27.5. The lowest BCUT2D eigenvalue weighted by molar-refractivity contribution is 1.21. The maximum Gasteiger partial charge on any atom is 0.0819 e. The van der Waals surface area contributed by atoms with Crippen LogP contribution in [0.25, 0.3) is 21.5 Å². The van der Waals surface area contributed by atoms with Gasteiger partial charge in [-0.25, -0.2) is 0 Å². The monoisotopic (exact) mass is 584 g/mol. The van der Waals surface area contributed by atoms with E-state index in [1.165, 1.54) is 41.1 Å². The second-order valence-corrected chi connectivity index (χ2v) is 19.3. The van der Waals surface area contributed by atoms with Crippen molar-refractivity contribution in [1.29, 1.82) is 0 Å². The third-order valence-electron chi connectivity index (χ3n) is 6.10. The van der Waals surface area contributed by atoms with Gasteiger partial charge < -0.3 is 0 Å². The largest absolute Gasteiger partial charge is 0.108 e. The van der Waals surface area contributed by atoms with Crippen LogP contribution in [0.5, 0.6) is 0 Å². The summed E-state index contributed by atoms with van der Waals surface area (Å²) in [6.07, 6.45) is 0. The Balaban J connectivity index is 1.05. The Morgan fingerprint density at radius 3 is 0.882 bits per heavy atom. The van der Waals surface area contributed by atoms with Gasteiger partial charge in [0, 0.05) is 19.6 Å². The van der Waals surface area contributed by atoms with Gasteiger partial charge in [0.1, 0.15) is 0 Å². The highest BCUT2D eigenvalue weighted by Gasteiger charge is 2.44. The van der Waals surface area contributed by atoms with E-state index in [4.69, 9.17) is 0 Å². The molecule has 4 aromatic carbocycles. The van der Waals surface area contributed by atoms with E-state index in [1.807, 2.05) is 0 Å². The highest BCUT2D eigenvalue weighted by Crippen LogP contribution is 2.69. The summed E-state index contributed by atoms with van der Waals surface area (Å²) in [5, 5.41) is 5.42. The van der Waals surface area contributed by atoms with Gasteiger partial charge in [-0.15, -0.1) is 94.1 Å². The molecule has 2 fully saturated rings. The van der Waals surface area contributed by atoms with Crippen LogP contribution in [0.3, 0.4) is 0 Å². The zero-order valence-corrected chi connectivity index (χ0v) is 24.0. The standard InChI is InChI=1S/C26H16S8/c1-2-6-14-10-18-17(9-13(14)5-1)27-21-22(28-18)32-25(31-21)26-33-23-24(34-26)30-20-12-16-8-4-3-7-15(16)11-19(20)29-23/h1-12,21-24H/t21-,22?,23?,24?/m0/s1. The molecule has 8 rings (SSSR count). The summed E-state index contributed by atoms with van der Waals surface area (Å²) in [4.78, 5) is 5.83. The van der Waals surface area contributed by atoms with Crippen LogP contribution in [-0.4, -0.2) is 18.3 Å². The van der Waals surface area contributed by atoms with E-state index in [0.29, 0.717) is 18.3 Å². The van der Waals surface area contributed by atoms with Crippen molar-refractivity contribution >= 4 is 116 Å². The first kappa shape index (κ1) is 22.0. The SMILES string of the molecule is c1ccc2cc3c(cc2c1)SC1SC(=C2SC4Sc5cc6ccccc6cc5S[C@H]4S2)SC1S3. The first-order valence-corrected chi connectivity index (χ1v) is 17.9. The molecule has 3 unspecified atom stereocenters. The summed E-state index contributed by atoms with van der Waals surface area (Å²) < 4.78 is 5.51.